The summed E-state index contributed by atoms with van der Waals surface area (Å²) in [7, 11) is 1.42. The van der Waals surface area contributed by atoms with Crippen molar-refractivity contribution in [3.63, 3.8) is 0 Å². The van der Waals surface area contributed by atoms with Crippen molar-refractivity contribution >= 4 is 0 Å². The molecule has 0 aliphatic heterocycles. The molecule has 2 rings (SSSR count). The van der Waals surface area contributed by atoms with E-state index in [2.05, 4.69) is 4.98 Å². The molecule has 0 saturated heterocycles. The van der Waals surface area contributed by atoms with Crippen molar-refractivity contribution in [2.24, 2.45) is 5.73 Å². The maximum absolute atomic E-state index is 13.5. The Labute approximate surface area is 98.2 Å². The quantitative estimate of drug-likeness (QED) is 0.881. The van der Waals surface area contributed by atoms with Gasteiger partial charge in [-0.15, -0.1) is 0 Å². The van der Waals surface area contributed by atoms with Crippen molar-refractivity contribution < 1.29 is 13.5 Å². The first kappa shape index (κ1) is 11.6. The number of aromatic nitrogens is 1. The zero-order valence-electron chi connectivity index (χ0n) is 9.44. The normalized spacial score (nSPS) is 10.5. The van der Waals surface area contributed by atoms with Crippen LogP contribution in [-0.2, 0) is 6.42 Å². The van der Waals surface area contributed by atoms with Gasteiger partial charge in [0.1, 0.15) is 6.26 Å². The zero-order valence-corrected chi connectivity index (χ0v) is 9.44. The molecule has 0 radical (unpaired) electrons. The van der Waals surface area contributed by atoms with Crippen LogP contribution in [0.1, 0.15) is 5.69 Å². The average molecular weight is 236 g/mol. The van der Waals surface area contributed by atoms with E-state index in [9.17, 15) is 4.39 Å². The molecule has 0 aliphatic rings. The van der Waals surface area contributed by atoms with Gasteiger partial charge in [-0.3, -0.25) is 0 Å². The lowest BCUT2D eigenvalue weighted by molar-refractivity contribution is 0.386. The van der Waals surface area contributed by atoms with E-state index in [1.807, 2.05) is 0 Å². The molecular weight excluding hydrogens is 223 g/mol. The third kappa shape index (κ3) is 2.45. The largest absolute Gasteiger partial charge is 0.494 e. The van der Waals surface area contributed by atoms with Crippen LogP contribution in [0.4, 0.5) is 4.39 Å². The first-order valence-corrected chi connectivity index (χ1v) is 5.23. The van der Waals surface area contributed by atoms with Crippen LogP contribution >= 0.6 is 0 Å². The minimum Gasteiger partial charge on any atom is -0.494 e. The molecule has 1 heterocycles. The lowest BCUT2D eigenvalue weighted by Crippen LogP contribution is -2.02. The molecule has 0 bridgehead atoms. The van der Waals surface area contributed by atoms with Crippen LogP contribution in [0.2, 0.25) is 0 Å². The highest BCUT2D eigenvalue weighted by atomic mass is 19.1. The summed E-state index contributed by atoms with van der Waals surface area (Å²) in [6.45, 7) is 0.503. The Hall–Kier alpha value is -1.88. The number of nitrogens with zero attached hydrogens (tertiary/aromatic N) is 1. The first-order valence-electron chi connectivity index (χ1n) is 5.23. The van der Waals surface area contributed by atoms with Crippen LogP contribution in [0.3, 0.4) is 0 Å². The Morgan fingerprint density at radius 3 is 2.94 bits per heavy atom. The number of hydrogen-bond acceptors (Lipinski definition) is 4. The predicted molar refractivity (Wildman–Crippen MR) is 61.2 cm³/mol. The monoisotopic (exact) mass is 236 g/mol. The Morgan fingerprint density at radius 2 is 2.29 bits per heavy atom. The van der Waals surface area contributed by atoms with Gasteiger partial charge in [-0.05, 0) is 24.7 Å². The predicted octanol–water partition coefficient (Wildman–Crippen LogP) is 1.99. The highest BCUT2D eigenvalue weighted by molar-refractivity contribution is 5.55. The standard InChI is InChI=1S/C12H13FN2O2/c1-16-11-3-2-8(6-10(11)13)12-15-9(4-5-14)7-17-12/h2-3,6-7H,4-5,14H2,1H3. The highest BCUT2D eigenvalue weighted by Gasteiger charge is 2.09. The maximum atomic E-state index is 13.5. The van der Waals surface area contributed by atoms with Gasteiger partial charge in [-0.2, -0.15) is 0 Å². The Morgan fingerprint density at radius 1 is 1.47 bits per heavy atom. The van der Waals surface area contributed by atoms with Crippen LogP contribution in [0, 0.1) is 5.82 Å². The molecule has 0 atom stereocenters. The van der Waals surface area contributed by atoms with Crippen molar-refractivity contribution in [3.05, 3.63) is 36.0 Å². The minimum atomic E-state index is -0.441. The van der Waals surface area contributed by atoms with E-state index in [-0.39, 0.29) is 5.75 Å². The molecule has 90 valence electrons. The molecule has 0 fully saturated rings. The second-order valence-electron chi connectivity index (χ2n) is 3.53. The van der Waals surface area contributed by atoms with Gasteiger partial charge in [0.25, 0.3) is 0 Å². The molecule has 5 heteroatoms. The summed E-state index contributed by atoms with van der Waals surface area (Å²) >= 11 is 0. The summed E-state index contributed by atoms with van der Waals surface area (Å²) in [5.74, 6) is 0.140. The van der Waals surface area contributed by atoms with Crippen LogP contribution < -0.4 is 10.5 Å². The number of oxazole rings is 1. The van der Waals surface area contributed by atoms with E-state index >= 15 is 0 Å². The van der Waals surface area contributed by atoms with E-state index < -0.39 is 5.82 Å². The third-order valence-corrected chi connectivity index (χ3v) is 2.35. The summed E-state index contributed by atoms with van der Waals surface area (Å²) < 4.78 is 23.6. The van der Waals surface area contributed by atoms with Gasteiger partial charge in [-0.1, -0.05) is 0 Å². The smallest absolute Gasteiger partial charge is 0.226 e. The zero-order chi connectivity index (χ0) is 12.3. The Bertz CT molecular complexity index is 511. The number of halogens is 1. The number of nitrogens with two attached hydrogens (primary N) is 1. The summed E-state index contributed by atoms with van der Waals surface area (Å²) in [5.41, 5.74) is 6.75. The van der Waals surface area contributed by atoms with E-state index in [0.29, 0.717) is 24.4 Å². The van der Waals surface area contributed by atoms with Crippen LogP contribution in [0.25, 0.3) is 11.5 Å². The molecule has 4 nitrogen and oxygen atoms in total. The van der Waals surface area contributed by atoms with Crippen molar-refractivity contribution in [2.45, 2.75) is 6.42 Å². The number of ether oxygens (including phenoxy) is 1. The minimum absolute atomic E-state index is 0.197. The molecule has 2 N–H and O–H groups in total. The van der Waals surface area contributed by atoms with Gasteiger partial charge in [0.05, 0.1) is 12.8 Å². The third-order valence-electron chi connectivity index (χ3n) is 2.35. The second kappa shape index (κ2) is 4.97. The van der Waals surface area contributed by atoms with Gasteiger partial charge in [0.15, 0.2) is 11.6 Å². The average Bonchev–Trinajstić information content (AvgIpc) is 2.78. The molecule has 2 aromatic rings. The second-order valence-corrected chi connectivity index (χ2v) is 3.53. The van der Waals surface area contributed by atoms with E-state index in [4.69, 9.17) is 14.9 Å². The van der Waals surface area contributed by atoms with Crippen LogP contribution in [0.15, 0.2) is 28.9 Å². The van der Waals surface area contributed by atoms with Gasteiger partial charge in [0.2, 0.25) is 5.89 Å². The molecule has 0 saturated carbocycles. The summed E-state index contributed by atoms with van der Waals surface area (Å²) in [4.78, 5) is 4.21. The fourth-order valence-corrected chi connectivity index (χ4v) is 1.50. The maximum Gasteiger partial charge on any atom is 0.226 e. The van der Waals surface area contributed by atoms with Crippen molar-refractivity contribution in [1.82, 2.24) is 4.98 Å². The van der Waals surface area contributed by atoms with E-state index in [1.54, 1.807) is 6.07 Å². The molecule has 0 spiro atoms. The van der Waals surface area contributed by atoms with Gasteiger partial charge < -0.3 is 14.9 Å². The van der Waals surface area contributed by atoms with Crippen molar-refractivity contribution in [3.8, 4) is 17.2 Å². The molecule has 1 aromatic heterocycles. The molecule has 17 heavy (non-hydrogen) atoms. The number of rotatable bonds is 4. The summed E-state index contributed by atoms with van der Waals surface area (Å²) in [5, 5.41) is 0. The molecule has 0 unspecified atom stereocenters. The van der Waals surface area contributed by atoms with Crippen LogP contribution in [-0.4, -0.2) is 18.6 Å². The highest BCUT2D eigenvalue weighted by Crippen LogP contribution is 2.24. The lowest BCUT2D eigenvalue weighted by atomic mass is 10.2. The lowest BCUT2D eigenvalue weighted by Gasteiger charge is -2.02. The SMILES string of the molecule is COc1ccc(-c2nc(CCN)co2)cc1F. The fourth-order valence-electron chi connectivity index (χ4n) is 1.50. The number of methoxy groups -OCH3 is 1. The molecule has 0 aliphatic carbocycles. The molecule has 1 aromatic carbocycles. The molecular formula is C12H13FN2O2. The Balaban J connectivity index is 2.29. The summed E-state index contributed by atoms with van der Waals surface area (Å²) in [6.07, 6.45) is 2.17. The van der Waals surface area contributed by atoms with E-state index in [0.717, 1.165) is 5.69 Å². The number of benzene rings is 1. The summed E-state index contributed by atoms with van der Waals surface area (Å²) in [6, 6.07) is 4.56. The first-order chi connectivity index (χ1) is 8.24. The van der Waals surface area contributed by atoms with E-state index in [1.165, 1.54) is 25.5 Å². The Kier molecular flexibility index (Phi) is 3.39. The van der Waals surface area contributed by atoms with Crippen molar-refractivity contribution in [1.29, 1.82) is 0 Å². The van der Waals surface area contributed by atoms with Crippen LogP contribution in [0.5, 0.6) is 5.75 Å². The number of hydrogen-bond donors (Lipinski definition) is 1. The fraction of sp³-hybridized carbons (Fsp3) is 0.250. The molecule has 0 amide bonds. The van der Waals surface area contributed by atoms with Gasteiger partial charge in [0, 0.05) is 12.0 Å². The topological polar surface area (TPSA) is 61.3 Å². The van der Waals surface area contributed by atoms with Gasteiger partial charge >= 0.3 is 0 Å². The van der Waals surface area contributed by atoms with Gasteiger partial charge in [-0.25, -0.2) is 9.37 Å². The van der Waals surface area contributed by atoms with Crippen molar-refractivity contribution in [2.75, 3.05) is 13.7 Å².